The Morgan fingerprint density at radius 3 is 2.77 bits per heavy atom. The molecule has 0 saturated heterocycles. The maximum atomic E-state index is 12.5. The van der Waals surface area contributed by atoms with Crippen LogP contribution in [0.2, 0.25) is 0 Å². The number of ketones is 1. The lowest BCUT2D eigenvalue weighted by atomic mass is 9.92. The number of hydrogen-bond acceptors (Lipinski definition) is 7. The van der Waals surface area contributed by atoms with E-state index < -0.39 is 17.9 Å². The highest BCUT2D eigenvalue weighted by Crippen LogP contribution is 2.22. The van der Waals surface area contributed by atoms with Crippen molar-refractivity contribution < 1.29 is 19.9 Å². The van der Waals surface area contributed by atoms with Crippen LogP contribution in [0.15, 0.2) is 23.5 Å². The van der Waals surface area contributed by atoms with Crippen molar-refractivity contribution in [3.8, 4) is 0 Å². The van der Waals surface area contributed by atoms with Gasteiger partial charge in [-0.2, -0.15) is 0 Å². The summed E-state index contributed by atoms with van der Waals surface area (Å²) in [4.78, 5) is 30.9. The molecule has 1 unspecified atom stereocenters. The zero-order valence-corrected chi connectivity index (χ0v) is 11.8. The molecule has 0 saturated carbocycles. The lowest BCUT2D eigenvalue weighted by molar-refractivity contribution is -0.138. The summed E-state index contributed by atoms with van der Waals surface area (Å²) in [7, 11) is 0. The van der Waals surface area contributed by atoms with Crippen molar-refractivity contribution >= 4 is 23.8 Å². The molecule has 1 aromatic heterocycles. The molecule has 0 aliphatic heterocycles. The number of carboxylic acids is 1. The molecule has 0 radical (unpaired) electrons. The third kappa shape index (κ3) is 4.88. The van der Waals surface area contributed by atoms with E-state index in [1.54, 1.807) is 5.48 Å². The zero-order valence-electron chi connectivity index (χ0n) is 11.8. The number of nitrogens with zero attached hydrogens (tertiary/aromatic N) is 2. The predicted molar refractivity (Wildman–Crippen MR) is 79.0 cm³/mol. The maximum Gasteiger partial charge on any atom is 0.320 e. The first kappa shape index (κ1) is 17.7. The Balaban J connectivity index is 2.88. The van der Waals surface area contributed by atoms with Crippen molar-refractivity contribution in [2.24, 2.45) is 22.4 Å². The zero-order chi connectivity index (χ0) is 16.5. The van der Waals surface area contributed by atoms with E-state index >= 15 is 0 Å². The van der Waals surface area contributed by atoms with Gasteiger partial charge in [0, 0.05) is 24.9 Å². The first-order chi connectivity index (χ1) is 10.5. The van der Waals surface area contributed by atoms with E-state index in [2.05, 4.69) is 9.98 Å². The summed E-state index contributed by atoms with van der Waals surface area (Å²) in [6.45, 7) is 0.0570. The van der Waals surface area contributed by atoms with Crippen molar-refractivity contribution in [1.82, 2.24) is 10.5 Å². The molecule has 0 amide bonds. The van der Waals surface area contributed by atoms with Gasteiger partial charge in [0.05, 0.1) is 11.3 Å². The number of aliphatic imine (C=N–C) groups is 1. The Labute approximate surface area is 127 Å². The second kappa shape index (κ2) is 8.82. The monoisotopic (exact) mass is 309 g/mol. The molecule has 0 bridgehead atoms. The minimum atomic E-state index is -1.12. The number of hydrogen-bond donors (Lipinski definition) is 5. The summed E-state index contributed by atoms with van der Waals surface area (Å²) in [6.07, 6.45) is 4.22. The van der Waals surface area contributed by atoms with Gasteiger partial charge in [-0.05, 0) is 18.9 Å². The quantitative estimate of drug-likeness (QED) is 0.179. The number of carbonyl (C=O) groups excluding carboxylic acids is 1. The summed E-state index contributed by atoms with van der Waals surface area (Å²) >= 11 is 0. The van der Waals surface area contributed by atoms with Crippen LogP contribution in [0.1, 0.15) is 23.2 Å². The van der Waals surface area contributed by atoms with Crippen molar-refractivity contribution in [2.75, 3.05) is 6.54 Å². The molecule has 120 valence electrons. The van der Waals surface area contributed by atoms with Crippen molar-refractivity contribution in [3.05, 3.63) is 24.0 Å². The predicted octanol–water partition coefficient (Wildman–Crippen LogP) is -0.330. The number of aliphatic carboxylic acids is 1. The Morgan fingerprint density at radius 2 is 2.18 bits per heavy atom. The Bertz CT molecular complexity index is 549. The van der Waals surface area contributed by atoms with E-state index in [4.69, 9.17) is 21.8 Å². The normalized spacial score (nSPS) is 13.8. The standard InChI is InChI=1S/C13H19N5O4/c14-5-8(1-2-10(15)13(20)21)12(19)9-6-16-4-3-11(9)17-7-18-22/h3-4,6-8,10,22H,1-2,5,14-15H2,(H,20,21)(H,16,17,18)/t8?,10-/m0/s1. The van der Waals surface area contributed by atoms with Gasteiger partial charge in [-0.15, -0.1) is 0 Å². The fourth-order valence-corrected chi connectivity index (χ4v) is 1.87. The van der Waals surface area contributed by atoms with Crippen LogP contribution in [0.25, 0.3) is 0 Å². The molecule has 22 heavy (non-hydrogen) atoms. The molecule has 1 rings (SSSR count). The van der Waals surface area contributed by atoms with Crippen molar-refractivity contribution in [3.63, 3.8) is 0 Å². The highest BCUT2D eigenvalue weighted by molar-refractivity contribution is 6.02. The van der Waals surface area contributed by atoms with Crippen LogP contribution in [0, 0.1) is 5.92 Å². The van der Waals surface area contributed by atoms with Crippen LogP contribution in [0.5, 0.6) is 0 Å². The van der Waals surface area contributed by atoms with Gasteiger partial charge >= 0.3 is 5.97 Å². The number of pyridine rings is 1. The number of nitrogens with one attached hydrogen (secondary N) is 1. The molecule has 0 spiro atoms. The van der Waals surface area contributed by atoms with Gasteiger partial charge in [0.2, 0.25) is 0 Å². The van der Waals surface area contributed by atoms with Gasteiger partial charge < -0.3 is 16.6 Å². The fourth-order valence-electron chi connectivity index (χ4n) is 1.87. The van der Waals surface area contributed by atoms with Gasteiger partial charge in [-0.3, -0.25) is 25.3 Å². The topological polar surface area (TPSA) is 164 Å². The van der Waals surface area contributed by atoms with E-state index in [0.717, 1.165) is 6.34 Å². The first-order valence-corrected chi connectivity index (χ1v) is 6.60. The molecule has 2 atom stereocenters. The number of nitrogens with two attached hydrogens (primary N) is 2. The second-order valence-electron chi connectivity index (χ2n) is 4.60. The lowest BCUT2D eigenvalue weighted by Gasteiger charge is -2.15. The average molecular weight is 309 g/mol. The number of rotatable bonds is 9. The fraction of sp³-hybridized carbons (Fsp3) is 0.385. The molecule has 1 heterocycles. The molecule has 7 N–H and O–H groups in total. The van der Waals surface area contributed by atoms with Crippen LogP contribution in [0.3, 0.4) is 0 Å². The molecule has 9 nitrogen and oxygen atoms in total. The molecule has 9 heteroatoms. The van der Waals surface area contributed by atoms with E-state index in [1.165, 1.54) is 18.5 Å². The highest BCUT2D eigenvalue weighted by atomic mass is 16.5. The van der Waals surface area contributed by atoms with Gasteiger partial charge in [0.15, 0.2) is 5.78 Å². The largest absolute Gasteiger partial charge is 0.480 e. The highest BCUT2D eigenvalue weighted by Gasteiger charge is 2.23. The number of hydroxylamine groups is 1. The van der Waals surface area contributed by atoms with Crippen LogP contribution < -0.4 is 16.9 Å². The van der Waals surface area contributed by atoms with Crippen LogP contribution in [-0.2, 0) is 4.79 Å². The first-order valence-electron chi connectivity index (χ1n) is 6.60. The van der Waals surface area contributed by atoms with Gasteiger partial charge in [0.1, 0.15) is 12.4 Å². The molecule has 0 aliphatic carbocycles. The number of aromatic nitrogens is 1. The van der Waals surface area contributed by atoms with Gasteiger partial charge in [-0.1, -0.05) is 0 Å². The minimum absolute atomic E-state index is 0.0570. The number of Topliss-reactive ketones (excluding diaryl/α,β-unsaturated/α-hetero) is 1. The molecular weight excluding hydrogens is 290 g/mol. The van der Waals surface area contributed by atoms with Gasteiger partial charge in [0.25, 0.3) is 0 Å². The lowest BCUT2D eigenvalue weighted by Crippen LogP contribution is -2.32. The third-order valence-corrected chi connectivity index (χ3v) is 3.12. The SMILES string of the molecule is NCC(CC[C@H](N)C(=O)O)C(=O)c1cnccc1N=CNO. The van der Waals surface area contributed by atoms with Gasteiger partial charge in [-0.25, -0.2) is 4.99 Å². The Morgan fingerprint density at radius 1 is 1.45 bits per heavy atom. The van der Waals surface area contributed by atoms with Crippen molar-refractivity contribution in [1.29, 1.82) is 0 Å². The Hall–Kier alpha value is -2.36. The number of carboxylic acid groups (broad SMARTS) is 1. The summed E-state index contributed by atoms with van der Waals surface area (Å²) < 4.78 is 0. The van der Waals surface area contributed by atoms with Crippen LogP contribution >= 0.6 is 0 Å². The van der Waals surface area contributed by atoms with E-state index in [0.29, 0.717) is 5.69 Å². The molecule has 0 aromatic carbocycles. The summed E-state index contributed by atoms with van der Waals surface area (Å²) in [5, 5.41) is 17.3. The van der Waals surface area contributed by atoms with Crippen LogP contribution in [0.4, 0.5) is 5.69 Å². The molecular formula is C13H19N5O4. The molecule has 0 aliphatic rings. The summed E-state index contributed by atoms with van der Waals surface area (Å²) in [5.74, 6) is -1.99. The number of carbonyl (C=O) groups is 2. The van der Waals surface area contributed by atoms with Crippen LogP contribution in [-0.4, -0.2) is 46.0 Å². The molecule has 0 fully saturated rings. The second-order valence-corrected chi connectivity index (χ2v) is 4.60. The maximum absolute atomic E-state index is 12.5. The molecule has 1 aromatic rings. The van der Waals surface area contributed by atoms with E-state index in [9.17, 15) is 9.59 Å². The van der Waals surface area contributed by atoms with E-state index in [-0.39, 0.29) is 30.7 Å². The summed E-state index contributed by atoms with van der Waals surface area (Å²) in [5.41, 5.74) is 13.3. The average Bonchev–Trinajstić information content (AvgIpc) is 2.53. The minimum Gasteiger partial charge on any atom is -0.480 e. The van der Waals surface area contributed by atoms with Crippen molar-refractivity contribution in [2.45, 2.75) is 18.9 Å². The summed E-state index contributed by atoms with van der Waals surface area (Å²) in [6, 6.07) is 0.476. The van der Waals surface area contributed by atoms with E-state index in [1.807, 2.05) is 0 Å². The third-order valence-electron chi connectivity index (χ3n) is 3.12. The Kier molecular flexibility index (Phi) is 7.09. The smallest absolute Gasteiger partial charge is 0.320 e.